The predicted octanol–water partition coefficient (Wildman–Crippen LogP) is 3.30. The SMILES string of the molecule is O=C(O)C(CNC(=O)C(c1ccccc1)C1CC1)c1ccc(F)cc1. The second-order valence-electron chi connectivity index (χ2n) is 6.41. The summed E-state index contributed by atoms with van der Waals surface area (Å²) >= 11 is 0. The summed E-state index contributed by atoms with van der Waals surface area (Å²) in [5.74, 6) is -2.45. The van der Waals surface area contributed by atoms with Gasteiger partial charge in [0.05, 0.1) is 11.8 Å². The second-order valence-corrected chi connectivity index (χ2v) is 6.41. The number of aliphatic carboxylic acids is 1. The highest BCUT2D eigenvalue weighted by Crippen LogP contribution is 2.42. The number of carboxylic acids is 1. The Balaban J connectivity index is 1.70. The number of hydrogen-bond donors (Lipinski definition) is 2. The number of halogens is 1. The smallest absolute Gasteiger partial charge is 0.312 e. The maximum atomic E-state index is 13.0. The van der Waals surface area contributed by atoms with Gasteiger partial charge in [0, 0.05) is 6.54 Å². The molecule has 5 heteroatoms. The molecule has 1 fully saturated rings. The molecule has 2 N–H and O–H groups in total. The third-order valence-corrected chi connectivity index (χ3v) is 4.59. The van der Waals surface area contributed by atoms with Crippen molar-refractivity contribution in [3.8, 4) is 0 Å². The molecule has 0 saturated heterocycles. The van der Waals surface area contributed by atoms with Crippen LogP contribution in [0.25, 0.3) is 0 Å². The molecule has 2 aromatic rings. The molecule has 2 unspecified atom stereocenters. The number of nitrogens with one attached hydrogen (secondary N) is 1. The molecule has 2 atom stereocenters. The first-order chi connectivity index (χ1) is 12.1. The van der Waals surface area contributed by atoms with E-state index in [9.17, 15) is 19.1 Å². The predicted molar refractivity (Wildman–Crippen MR) is 91.7 cm³/mol. The van der Waals surface area contributed by atoms with Crippen molar-refractivity contribution in [2.75, 3.05) is 6.54 Å². The first kappa shape index (κ1) is 17.1. The molecule has 1 saturated carbocycles. The molecule has 4 nitrogen and oxygen atoms in total. The summed E-state index contributed by atoms with van der Waals surface area (Å²) < 4.78 is 13.0. The molecule has 0 bridgehead atoms. The van der Waals surface area contributed by atoms with Crippen LogP contribution < -0.4 is 5.32 Å². The normalized spacial score (nSPS) is 16.0. The summed E-state index contributed by atoms with van der Waals surface area (Å²) in [7, 11) is 0. The number of hydrogen-bond acceptors (Lipinski definition) is 2. The highest BCUT2D eigenvalue weighted by Gasteiger charge is 2.37. The minimum atomic E-state index is -1.05. The highest BCUT2D eigenvalue weighted by atomic mass is 19.1. The first-order valence-electron chi connectivity index (χ1n) is 8.37. The van der Waals surface area contributed by atoms with Gasteiger partial charge in [0.1, 0.15) is 5.82 Å². The molecule has 1 amide bonds. The van der Waals surface area contributed by atoms with Crippen LogP contribution in [0.3, 0.4) is 0 Å². The Morgan fingerprint density at radius 3 is 2.24 bits per heavy atom. The van der Waals surface area contributed by atoms with Gasteiger partial charge >= 0.3 is 5.97 Å². The van der Waals surface area contributed by atoms with E-state index in [1.807, 2.05) is 30.3 Å². The Morgan fingerprint density at radius 2 is 1.68 bits per heavy atom. The fraction of sp³-hybridized carbons (Fsp3) is 0.300. The van der Waals surface area contributed by atoms with Crippen molar-refractivity contribution in [3.05, 3.63) is 71.5 Å². The molecule has 0 aromatic heterocycles. The van der Waals surface area contributed by atoms with Gasteiger partial charge in [0.25, 0.3) is 0 Å². The topological polar surface area (TPSA) is 66.4 Å². The van der Waals surface area contributed by atoms with Gasteiger partial charge < -0.3 is 10.4 Å². The van der Waals surface area contributed by atoms with Crippen molar-refractivity contribution in [1.82, 2.24) is 5.32 Å². The van der Waals surface area contributed by atoms with E-state index in [-0.39, 0.29) is 18.4 Å². The molecule has 3 rings (SSSR count). The minimum Gasteiger partial charge on any atom is -0.481 e. The van der Waals surface area contributed by atoms with Crippen molar-refractivity contribution >= 4 is 11.9 Å². The second kappa shape index (κ2) is 7.47. The van der Waals surface area contributed by atoms with Crippen molar-refractivity contribution in [1.29, 1.82) is 0 Å². The van der Waals surface area contributed by atoms with Crippen LogP contribution in [0.15, 0.2) is 54.6 Å². The number of carbonyl (C=O) groups excluding carboxylic acids is 1. The molecule has 1 aliphatic carbocycles. The first-order valence-corrected chi connectivity index (χ1v) is 8.37. The van der Waals surface area contributed by atoms with Gasteiger partial charge in [-0.05, 0) is 42.0 Å². The Bertz CT molecular complexity index is 741. The third kappa shape index (κ3) is 4.24. The number of rotatable bonds is 7. The number of amides is 1. The van der Waals surface area contributed by atoms with Crippen LogP contribution >= 0.6 is 0 Å². The Hall–Kier alpha value is -2.69. The van der Waals surface area contributed by atoms with E-state index < -0.39 is 17.7 Å². The zero-order valence-electron chi connectivity index (χ0n) is 13.7. The molecule has 25 heavy (non-hydrogen) atoms. The summed E-state index contributed by atoms with van der Waals surface area (Å²) in [5.41, 5.74) is 1.42. The Kier molecular flexibility index (Phi) is 5.12. The van der Waals surface area contributed by atoms with Crippen LogP contribution in [0.2, 0.25) is 0 Å². The van der Waals surface area contributed by atoms with Crippen molar-refractivity contribution < 1.29 is 19.1 Å². The van der Waals surface area contributed by atoms with Crippen LogP contribution in [0.1, 0.15) is 35.8 Å². The van der Waals surface area contributed by atoms with E-state index in [0.717, 1.165) is 18.4 Å². The van der Waals surface area contributed by atoms with E-state index in [4.69, 9.17) is 0 Å². The van der Waals surface area contributed by atoms with Crippen molar-refractivity contribution in [3.63, 3.8) is 0 Å². The summed E-state index contributed by atoms with van der Waals surface area (Å²) in [6.07, 6.45) is 2.01. The molecule has 0 heterocycles. The number of carboxylic acid groups (broad SMARTS) is 1. The van der Waals surface area contributed by atoms with E-state index in [2.05, 4.69) is 5.32 Å². The van der Waals surface area contributed by atoms with E-state index in [1.54, 1.807) is 0 Å². The fourth-order valence-electron chi connectivity index (χ4n) is 3.08. The summed E-state index contributed by atoms with van der Waals surface area (Å²) in [5, 5.41) is 12.2. The third-order valence-electron chi connectivity index (χ3n) is 4.59. The molecule has 0 radical (unpaired) electrons. The zero-order chi connectivity index (χ0) is 17.8. The molecular formula is C20H20FNO3. The van der Waals surface area contributed by atoms with Gasteiger partial charge in [-0.2, -0.15) is 0 Å². The van der Waals surface area contributed by atoms with E-state index in [0.29, 0.717) is 11.5 Å². The Labute approximate surface area is 145 Å². The molecule has 2 aromatic carbocycles. The lowest BCUT2D eigenvalue weighted by atomic mass is 9.92. The molecule has 1 aliphatic rings. The maximum Gasteiger partial charge on any atom is 0.312 e. The summed E-state index contributed by atoms with van der Waals surface area (Å²) in [6, 6.07) is 14.9. The van der Waals surface area contributed by atoms with Gasteiger partial charge in [-0.25, -0.2) is 4.39 Å². The van der Waals surface area contributed by atoms with Crippen LogP contribution in [0.4, 0.5) is 4.39 Å². The van der Waals surface area contributed by atoms with Gasteiger partial charge in [0.2, 0.25) is 5.91 Å². The average Bonchev–Trinajstić information content (AvgIpc) is 3.42. The zero-order valence-corrected chi connectivity index (χ0v) is 13.7. The largest absolute Gasteiger partial charge is 0.481 e. The molecule has 0 aliphatic heterocycles. The lowest BCUT2D eigenvalue weighted by Gasteiger charge is -2.19. The standard InChI is InChI=1S/C20H20FNO3/c21-16-10-8-13(9-11-16)17(20(24)25)12-22-19(23)18(15-6-7-15)14-4-2-1-3-5-14/h1-5,8-11,15,17-18H,6-7,12H2,(H,22,23)(H,24,25). The lowest BCUT2D eigenvalue weighted by molar-refractivity contribution is -0.138. The Morgan fingerprint density at radius 1 is 1.04 bits per heavy atom. The quantitative estimate of drug-likeness (QED) is 0.812. The van der Waals surface area contributed by atoms with Crippen LogP contribution in [0.5, 0.6) is 0 Å². The average molecular weight is 341 g/mol. The molecule has 130 valence electrons. The van der Waals surface area contributed by atoms with Crippen LogP contribution in [-0.4, -0.2) is 23.5 Å². The molecule has 0 spiro atoms. The highest BCUT2D eigenvalue weighted by molar-refractivity contribution is 5.85. The van der Waals surface area contributed by atoms with Gasteiger partial charge in [-0.15, -0.1) is 0 Å². The lowest BCUT2D eigenvalue weighted by Crippen LogP contribution is -2.35. The van der Waals surface area contributed by atoms with Gasteiger partial charge in [-0.3, -0.25) is 9.59 Å². The van der Waals surface area contributed by atoms with Crippen LogP contribution in [0, 0.1) is 11.7 Å². The summed E-state index contributed by atoms with van der Waals surface area (Å²) in [4.78, 5) is 24.2. The van der Waals surface area contributed by atoms with Gasteiger partial charge in [-0.1, -0.05) is 42.5 Å². The summed E-state index contributed by atoms with van der Waals surface area (Å²) in [6.45, 7) is -0.0180. The van der Waals surface area contributed by atoms with Gasteiger partial charge in [0.15, 0.2) is 0 Å². The van der Waals surface area contributed by atoms with E-state index in [1.165, 1.54) is 24.3 Å². The number of benzene rings is 2. The molecular weight excluding hydrogens is 321 g/mol. The monoisotopic (exact) mass is 341 g/mol. The van der Waals surface area contributed by atoms with Crippen molar-refractivity contribution in [2.24, 2.45) is 5.92 Å². The van der Waals surface area contributed by atoms with Crippen molar-refractivity contribution in [2.45, 2.75) is 24.7 Å². The fourth-order valence-corrected chi connectivity index (χ4v) is 3.08. The minimum absolute atomic E-state index is 0.0180. The maximum absolute atomic E-state index is 13.0. The number of carbonyl (C=O) groups is 2. The van der Waals surface area contributed by atoms with Crippen LogP contribution in [-0.2, 0) is 9.59 Å². The van der Waals surface area contributed by atoms with E-state index >= 15 is 0 Å².